The van der Waals surface area contributed by atoms with Crippen molar-refractivity contribution >= 4 is 28.7 Å². The first-order valence-electron chi connectivity index (χ1n) is 6.88. The van der Waals surface area contributed by atoms with Crippen LogP contribution in [0.15, 0.2) is 28.7 Å². The van der Waals surface area contributed by atoms with E-state index in [0.717, 1.165) is 0 Å². The van der Waals surface area contributed by atoms with Crippen molar-refractivity contribution in [3.8, 4) is 11.5 Å². The number of methoxy groups -OCH3 is 1. The molecule has 0 unspecified atom stereocenters. The van der Waals surface area contributed by atoms with E-state index in [1.165, 1.54) is 30.7 Å². The summed E-state index contributed by atoms with van der Waals surface area (Å²) in [6, 6.07) is 4.91. The van der Waals surface area contributed by atoms with Gasteiger partial charge in [-0.2, -0.15) is 5.10 Å². The van der Waals surface area contributed by atoms with E-state index in [9.17, 15) is 9.90 Å². The number of rotatable bonds is 7. The van der Waals surface area contributed by atoms with Gasteiger partial charge in [0.2, 0.25) is 5.13 Å². The lowest BCUT2D eigenvalue weighted by molar-refractivity contribution is -0.142. The number of aromatic hydroxyl groups is 1. The molecule has 0 aliphatic rings. The number of carbonyl (C=O) groups is 1. The van der Waals surface area contributed by atoms with Crippen molar-refractivity contribution in [2.24, 2.45) is 5.10 Å². The number of phenols is 1. The number of hydrogen-bond donors (Lipinski definition) is 2. The summed E-state index contributed by atoms with van der Waals surface area (Å²) in [6.07, 6.45) is 1.61. The highest BCUT2D eigenvalue weighted by molar-refractivity contribution is 7.13. The number of phenolic OH excluding ortho intramolecular Hbond substituents is 1. The standard InChI is InChI=1S/C15H17N3O4S/c1-3-22-14(20)6-11-9-23-15(17-11)18-16-8-10-4-5-12(21-2)7-13(10)19/h4-5,7-9,19H,3,6H2,1-2H3,(H,17,18). The summed E-state index contributed by atoms with van der Waals surface area (Å²) >= 11 is 1.33. The molecule has 122 valence electrons. The highest BCUT2D eigenvalue weighted by Gasteiger charge is 2.08. The van der Waals surface area contributed by atoms with Crippen LogP contribution in [0.4, 0.5) is 5.13 Å². The van der Waals surface area contributed by atoms with Crippen LogP contribution in [0.2, 0.25) is 0 Å². The molecular weight excluding hydrogens is 318 g/mol. The van der Waals surface area contributed by atoms with Crippen molar-refractivity contribution in [3.63, 3.8) is 0 Å². The molecule has 0 atom stereocenters. The Morgan fingerprint density at radius 1 is 1.52 bits per heavy atom. The van der Waals surface area contributed by atoms with E-state index in [1.54, 1.807) is 24.4 Å². The smallest absolute Gasteiger partial charge is 0.311 e. The largest absolute Gasteiger partial charge is 0.507 e. The fraction of sp³-hybridized carbons (Fsp3) is 0.267. The summed E-state index contributed by atoms with van der Waals surface area (Å²) in [5.74, 6) is 0.323. The topological polar surface area (TPSA) is 93.0 Å². The van der Waals surface area contributed by atoms with Crippen molar-refractivity contribution in [2.75, 3.05) is 19.1 Å². The molecule has 0 bridgehead atoms. The number of esters is 1. The lowest BCUT2D eigenvalue weighted by Gasteiger charge is -2.02. The zero-order chi connectivity index (χ0) is 16.7. The minimum Gasteiger partial charge on any atom is -0.507 e. The summed E-state index contributed by atoms with van der Waals surface area (Å²) in [5.41, 5.74) is 3.92. The Morgan fingerprint density at radius 2 is 2.35 bits per heavy atom. The maximum Gasteiger partial charge on any atom is 0.311 e. The lowest BCUT2D eigenvalue weighted by atomic mass is 10.2. The van der Waals surface area contributed by atoms with Crippen LogP contribution < -0.4 is 10.2 Å². The van der Waals surface area contributed by atoms with Crippen LogP contribution in [0, 0.1) is 0 Å². The molecule has 0 saturated heterocycles. The van der Waals surface area contributed by atoms with Crippen molar-refractivity contribution in [1.29, 1.82) is 0 Å². The van der Waals surface area contributed by atoms with Crippen LogP contribution in [-0.4, -0.2) is 36.0 Å². The van der Waals surface area contributed by atoms with Crippen molar-refractivity contribution in [1.82, 2.24) is 4.98 Å². The zero-order valence-electron chi connectivity index (χ0n) is 12.8. The van der Waals surface area contributed by atoms with Crippen molar-refractivity contribution < 1.29 is 19.4 Å². The minimum absolute atomic E-state index is 0.0667. The molecule has 0 aliphatic carbocycles. The number of hydrazone groups is 1. The minimum atomic E-state index is -0.309. The third kappa shape index (κ3) is 4.96. The summed E-state index contributed by atoms with van der Waals surface area (Å²) in [5, 5.41) is 16.1. The first-order valence-corrected chi connectivity index (χ1v) is 7.76. The fourth-order valence-corrected chi connectivity index (χ4v) is 2.38. The monoisotopic (exact) mass is 335 g/mol. The number of hydrogen-bond acceptors (Lipinski definition) is 8. The molecule has 2 rings (SSSR count). The molecule has 1 aromatic carbocycles. The molecule has 8 heteroatoms. The van der Waals surface area contributed by atoms with Gasteiger partial charge in [-0.1, -0.05) is 0 Å². The van der Waals surface area contributed by atoms with Gasteiger partial charge >= 0.3 is 5.97 Å². The third-order valence-corrected chi connectivity index (χ3v) is 3.58. The van der Waals surface area contributed by atoms with Gasteiger partial charge in [-0.3, -0.25) is 10.2 Å². The van der Waals surface area contributed by atoms with E-state index in [0.29, 0.717) is 28.7 Å². The molecule has 0 aliphatic heterocycles. The molecule has 1 aromatic heterocycles. The predicted molar refractivity (Wildman–Crippen MR) is 88.3 cm³/mol. The van der Waals surface area contributed by atoms with Gasteiger partial charge in [0.25, 0.3) is 0 Å². The van der Waals surface area contributed by atoms with Crippen molar-refractivity contribution in [3.05, 3.63) is 34.8 Å². The Hall–Kier alpha value is -2.61. The van der Waals surface area contributed by atoms with E-state index >= 15 is 0 Å². The highest BCUT2D eigenvalue weighted by atomic mass is 32.1. The summed E-state index contributed by atoms with van der Waals surface area (Å²) in [6.45, 7) is 2.11. The van der Waals surface area contributed by atoms with E-state index in [-0.39, 0.29) is 18.1 Å². The van der Waals surface area contributed by atoms with Gasteiger partial charge in [-0.25, -0.2) is 4.98 Å². The van der Waals surface area contributed by atoms with Crippen LogP contribution in [0.5, 0.6) is 11.5 Å². The number of benzene rings is 1. The number of nitrogens with one attached hydrogen (secondary N) is 1. The quantitative estimate of drug-likeness (QED) is 0.458. The second kappa shape index (κ2) is 8.14. The predicted octanol–water partition coefficient (Wildman–Crippen LogP) is 2.41. The third-order valence-electron chi connectivity index (χ3n) is 2.78. The van der Waals surface area contributed by atoms with Crippen LogP contribution in [0.3, 0.4) is 0 Å². The fourth-order valence-electron chi connectivity index (χ4n) is 1.72. The second-order valence-corrected chi connectivity index (χ2v) is 5.28. The number of thiazole rings is 1. The first kappa shape index (κ1) is 16.8. The van der Waals surface area contributed by atoms with Gasteiger partial charge < -0.3 is 14.6 Å². The van der Waals surface area contributed by atoms with Gasteiger partial charge in [0.15, 0.2) is 0 Å². The normalized spacial score (nSPS) is 10.7. The molecule has 23 heavy (non-hydrogen) atoms. The first-order chi connectivity index (χ1) is 11.1. The van der Waals surface area contributed by atoms with Gasteiger partial charge in [-0.15, -0.1) is 11.3 Å². The molecule has 0 spiro atoms. The zero-order valence-corrected chi connectivity index (χ0v) is 13.6. The summed E-state index contributed by atoms with van der Waals surface area (Å²) in [7, 11) is 1.53. The Labute approximate surface area is 137 Å². The lowest BCUT2D eigenvalue weighted by Crippen LogP contribution is -2.07. The second-order valence-electron chi connectivity index (χ2n) is 4.42. The van der Waals surface area contributed by atoms with E-state index in [2.05, 4.69) is 15.5 Å². The van der Waals surface area contributed by atoms with Crippen LogP contribution in [0.25, 0.3) is 0 Å². The molecule has 0 amide bonds. The maximum absolute atomic E-state index is 11.4. The van der Waals surface area contributed by atoms with E-state index in [1.807, 2.05) is 0 Å². The number of aromatic nitrogens is 1. The molecule has 0 radical (unpaired) electrons. The molecule has 7 nitrogen and oxygen atoms in total. The number of nitrogens with zero attached hydrogens (tertiary/aromatic N) is 2. The van der Waals surface area contributed by atoms with Crippen LogP contribution in [0.1, 0.15) is 18.2 Å². The van der Waals surface area contributed by atoms with Crippen LogP contribution in [-0.2, 0) is 16.0 Å². The van der Waals surface area contributed by atoms with E-state index in [4.69, 9.17) is 9.47 Å². The van der Waals surface area contributed by atoms with E-state index < -0.39 is 0 Å². The average Bonchev–Trinajstić information content (AvgIpc) is 2.96. The van der Waals surface area contributed by atoms with Gasteiger partial charge in [0, 0.05) is 17.0 Å². The highest BCUT2D eigenvalue weighted by Crippen LogP contribution is 2.22. The number of carbonyl (C=O) groups excluding carboxylic acids is 1. The Bertz CT molecular complexity index is 700. The molecule has 0 fully saturated rings. The Balaban J connectivity index is 1.93. The summed E-state index contributed by atoms with van der Waals surface area (Å²) < 4.78 is 9.87. The van der Waals surface area contributed by atoms with Crippen LogP contribution >= 0.6 is 11.3 Å². The average molecular weight is 335 g/mol. The molecule has 1 heterocycles. The SMILES string of the molecule is CCOC(=O)Cc1csc(NN=Cc2ccc(OC)cc2O)n1. The molecule has 2 N–H and O–H groups in total. The maximum atomic E-state index is 11.4. The Morgan fingerprint density at radius 3 is 3.04 bits per heavy atom. The molecular formula is C15H17N3O4S. The van der Waals surface area contributed by atoms with Gasteiger partial charge in [-0.05, 0) is 19.1 Å². The molecule has 2 aromatic rings. The number of anilines is 1. The molecule has 0 saturated carbocycles. The number of ether oxygens (including phenoxy) is 2. The van der Waals surface area contributed by atoms with Crippen molar-refractivity contribution in [2.45, 2.75) is 13.3 Å². The Kier molecular flexibility index (Phi) is 5.93. The summed E-state index contributed by atoms with van der Waals surface area (Å²) in [4.78, 5) is 15.6. The van der Waals surface area contributed by atoms with Gasteiger partial charge in [0.1, 0.15) is 11.5 Å². The van der Waals surface area contributed by atoms with Gasteiger partial charge in [0.05, 0.1) is 32.0 Å².